The zero-order valence-corrected chi connectivity index (χ0v) is 19.1. The number of carbonyl (C=O) groups excluding carboxylic acids is 1. The second kappa shape index (κ2) is 9.39. The second-order valence-electron chi connectivity index (χ2n) is 6.84. The van der Waals surface area contributed by atoms with E-state index in [1.807, 2.05) is 0 Å². The number of hydrogen-bond donors (Lipinski definition) is 0. The first-order valence-corrected chi connectivity index (χ1v) is 10.8. The summed E-state index contributed by atoms with van der Waals surface area (Å²) in [5.41, 5.74) is 0.827. The SMILES string of the molecule is COc1cc(C(=O)N(Cc2cccnc2)c2nc3ccc(Cl)cc3s2)c([N+](=O)[O-])cc1OC. The van der Waals surface area contributed by atoms with Gasteiger partial charge in [0.25, 0.3) is 11.6 Å². The van der Waals surface area contributed by atoms with Crippen LogP contribution in [0.4, 0.5) is 10.8 Å². The number of rotatable bonds is 7. The van der Waals surface area contributed by atoms with Crippen molar-refractivity contribution in [3.63, 3.8) is 0 Å². The van der Waals surface area contributed by atoms with E-state index < -0.39 is 16.5 Å². The summed E-state index contributed by atoms with van der Waals surface area (Å²) in [6.07, 6.45) is 3.24. The van der Waals surface area contributed by atoms with Crippen molar-refractivity contribution in [1.82, 2.24) is 9.97 Å². The van der Waals surface area contributed by atoms with Crippen LogP contribution in [-0.4, -0.2) is 35.0 Å². The summed E-state index contributed by atoms with van der Waals surface area (Å²) >= 11 is 7.36. The van der Waals surface area contributed by atoms with Crippen LogP contribution in [0.3, 0.4) is 0 Å². The van der Waals surface area contributed by atoms with Gasteiger partial charge in [0.2, 0.25) is 0 Å². The van der Waals surface area contributed by atoms with Crippen LogP contribution in [0.15, 0.2) is 54.9 Å². The summed E-state index contributed by atoms with van der Waals surface area (Å²) in [6.45, 7) is 0.103. The minimum absolute atomic E-state index is 0.103. The lowest BCUT2D eigenvalue weighted by Crippen LogP contribution is -2.31. The van der Waals surface area contributed by atoms with Gasteiger partial charge < -0.3 is 9.47 Å². The van der Waals surface area contributed by atoms with Crippen LogP contribution in [0.5, 0.6) is 11.5 Å². The number of nitrogens with zero attached hydrogens (tertiary/aromatic N) is 4. The standard InChI is InChI=1S/C22H17ClN4O5S/c1-31-18-9-15(17(27(29)30)10-19(18)32-2)21(28)26(12-13-4-3-7-24-11-13)22-25-16-6-5-14(23)8-20(16)33-22/h3-11H,12H2,1-2H3. The topological polar surface area (TPSA) is 108 Å². The molecule has 168 valence electrons. The molecule has 33 heavy (non-hydrogen) atoms. The van der Waals surface area contributed by atoms with Gasteiger partial charge in [-0.2, -0.15) is 0 Å². The number of nitro benzene ring substituents is 1. The van der Waals surface area contributed by atoms with Crippen LogP contribution in [0.25, 0.3) is 10.2 Å². The number of benzene rings is 2. The van der Waals surface area contributed by atoms with Crippen molar-refractivity contribution >= 4 is 49.9 Å². The lowest BCUT2D eigenvalue weighted by molar-refractivity contribution is -0.385. The predicted octanol–water partition coefficient (Wildman–Crippen LogP) is 5.12. The Bertz CT molecular complexity index is 1350. The maximum Gasteiger partial charge on any atom is 0.286 e. The second-order valence-corrected chi connectivity index (χ2v) is 8.29. The first kappa shape index (κ1) is 22.4. The average Bonchev–Trinajstić information content (AvgIpc) is 3.24. The first-order chi connectivity index (χ1) is 15.9. The molecular formula is C22H17ClN4O5S. The highest BCUT2D eigenvalue weighted by Gasteiger charge is 2.30. The van der Waals surface area contributed by atoms with Crippen LogP contribution in [0.2, 0.25) is 5.02 Å². The number of carbonyl (C=O) groups is 1. The van der Waals surface area contributed by atoms with Crippen LogP contribution in [-0.2, 0) is 6.54 Å². The average molecular weight is 485 g/mol. The van der Waals surface area contributed by atoms with Crippen LogP contribution >= 0.6 is 22.9 Å². The summed E-state index contributed by atoms with van der Waals surface area (Å²) in [6, 6.07) is 11.2. The van der Waals surface area contributed by atoms with E-state index in [1.54, 1.807) is 42.7 Å². The fraction of sp³-hybridized carbons (Fsp3) is 0.136. The molecule has 0 fully saturated rings. The third-order valence-electron chi connectivity index (χ3n) is 4.81. The maximum atomic E-state index is 13.7. The Balaban J connectivity index is 1.86. The molecule has 0 saturated carbocycles. The van der Waals surface area contributed by atoms with Gasteiger partial charge in [-0.3, -0.25) is 24.8 Å². The Hall–Kier alpha value is -3.76. The summed E-state index contributed by atoms with van der Waals surface area (Å²) in [5.74, 6) is -0.269. The van der Waals surface area contributed by atoms with Crippen LogP contribution in [0, 0.1) is 10.1 Å². The molecule has 1 amide bonds. The van der Waals surface area contributed by atoms with Gasteiger partial charge in [-0.25, -0.2) is 4.98 Å². The Labute approximate surface area is 197 Å². The van der Waals surface area contributed by atoms with Crippen molar-refractivity contribution in [2.45, 2.75) is 6.54 Å². The van der Waals surface area contributed by atoms with E-state index in [1.165, 1.54) is 42.6 Å². The summed E-state index contributed by atoms with van der Waals surface area (Å²) < 4.78 is 11.2. The predicted molar refractivity (Wildman–Crippen MR) is 126 cm³/mol. The summed E-state index contributed by atoms with van der Waals surface area (Å²) in [4.78, 5) is 34.9. The fourth-order valence-electron chi connectivity index (χ4n) is 3.24. The number of halogens is 1. The Morgan fingerprint density at radius 1 is 1.18 bits per heavy atom. The number of ether oxygens (including phenoxy) is 2. The highest BCUT2D eigenvalue weighted by Crippen LogP contribution is 2.37. The van der Waals surface area contributed by atoms with E-state index >= 15 is 0 Å². The number of pyridine rings is 1. The highest BCUT2D eigenvalue weighted by atomic mass is 35.5. The van der Waals surface area contributed by atoms with E-state index in [0.717, 1.165) is 10.3 Å². The van der Waals surface area contributed by atoms with Gasteiger partial charge in [0.05, 0.1) is 42.0 Å². The molecule has 0 radical (unpaired) electrons. The van der Waals surface area contributed by atoms with Gasteiger partial charge in [0.1, 0.15) is 5.56 Å². The minimum Gasteiger partial charge on any atom is -0.493 e. The number of thiazole rings is 1. The molecule has 11 heteroatoms. The maximum absolute atomic E-state index is 13.7. The van der Waals surface area contributed by atoms with E-state index in [2.05, 4.69) is 9.97 Å². The quantitative estimate of drug-likeness (QED) is 0.264. The third kappa shape index (κ3) is 4.57. The van der Waals surface area contributed by atoms with Crippen molar-refractivity contribution in [1.29, 1.82) is 0 Å². The normalized spacial score (nSPS) is 10.8. The van der Waals surface area contributed by atoms with Crippen molar-refractivity contribution in [3.05, 3.63) is 81.1 Å². The highest BCUT2D eigenvalue weighted by molar-refractivity contribution is 7.22. The largest absolute Gasteiger partial charge is 0.493 e. The molecule has 0 unspecified atom stereocenters. The van der Waals surface area contributed by atoms with Crippen molar-refractivity contribution in [2.75, 3.05) is 19.1 Å². The van der Waals surface area contributed by atoms with Gasteiger partial charge in [-0.05, 0) is 29.8 Å². The molecule has 0 atom stereocenters. The van der Waals surface area contributed by atoms with Crippen molar-refractivity contribution in [2.24, 2.45) is 0 Å². The van der Waals surface area contributed by atoms with E-state index in [-0.39, 0.29) is 23.6 Å². The Kier molecular flexibility index (Phi) is 6.38. The molecule has 4 aromatic rings. The smallest absolute Gasteiger partial charge is 0.286 e. The van der Waals surface area contributed by atoms with Gasteiger partial charge in [-0.15, -0.1) is 0 Å². The van der Waals surface area contributed by atoms with Gasteiger partial charge in [0, 0.05) is 23.5 Å². The number of anilines is 1. The number of nitro groups is 1. The third-order valence-corrected chi connectivity index (χ3v) is 6.08. The Morgan fingerprint density at radius 3 is 2.61 bits per heavy atom. The zero-order chi connectivity index (χ0) is 23.5. The molecule has 4 rings (SSSR count). The van der Waals surface area contributed by atoms with Crippen LogP contribution in [0.1, 0.15) is 15.9 Å². The molecule has 0 spiro atoms. The summed E-state index contributed by atoms with van der Waals surface area (Å²) in [7, 11) is 2.76. The molecule has 2 heterocycles. The molecule has 0 bridgehead atoms. The van der Waals surface area contributed by atoms with Crippen LogP contribution < -0.4 is 14.4 Å². The molecule has 0 aliphatic heterocycles. The molecule has 0 N–H and O–H groups in total. The fourth-order valence-corrected chi connectivity index (χ4v) is 4.48. The molecule has 0 aliphatic rings. The summed E-state index contributed by atoms with van der Waals surface area (Å²) in [5, 5.41) is 12.7. The number of fused-ring (bicyclic) bond motifs is 1. The van der Waals surface area contributed by atoms with E-state index in [9.17, 15) is 14.9 Å². The van der Waals surface area contributed by atoms with Gasteiger partial charge >= 0.3 is 0 Å². The molecular weight excluding hydrogens is 468 g/mol. The van der Waals surface area contributed by atoms with E-state index in [0.29, 0.717) is 15.7 Å². The molecule has 2 aromatic heterocycles. The number of hydrogen-bond acceptors (Lipinski definition) is 8. The lowest BCUT2D eigenvalue weighted by atomic mass is 10.1. The van der Waals surface area contributed by atoms with Gasteiger partial charge in [-0.1, -0.05) is 29.0 Å². The zero-order valence-electron chi connectivity index (χ0n) is 17.5. The first-order valence-electron chi connectivity index (χ1n) is 9.58. The number of aromatic nitrogens is 2. The number of amides is 1. The van der Waals surface area contributed by atoms with E-state index in [4.69, 9.17) is 21.1 Å². The Morgan fingerprint density at radius 2 is 1.94 bits per heavy atom. The minimum atomic E-state index is -0.629. The van der Waals surface area contributed by atoms with Gasteiger partial charge in [0.15, 0.2) is 16.6 Å². The lowest BCUT2D eigenvalue weighted by Gasteiger charge is -2.20. The molecule has 0 aliphatic carbocycles. The van der Waals surface area contributed by atoms with Crippen molar-refractivity contribution in [3.8, 4) is 11.5 Å². The molecule has 0 saturated heterocycles. The number of methoxy groups -OCH3 is 2. The molecule has 2 aromatic carbocycles. The molecule has 9 nitrogen and oxygen atoms in total. The van der Waals surface area contributed by atoms with Crippen molar-refractivity contribution < 1.29 is 19.2 Å². The monoisotopic (exact) mass is 484 g/mol.